The van der Waals surface area contributed by atoms with Crippen LogP contribution in [0.25, 0.3) is 43.6 Å². The number of aryl methyl sites for hydroxylation is 3. The minimum Gasteiger partial charge on any atom is -0.342 e. The Morgan fingerprint density at radius 1 is 0.633 bits per heavy atom. The Balaban J connectivity index is 1.78. The molecule has 6 rings (SSSR count). The molecule has 0 unspecified atom stereocenters. The SMILES string of the molecule is Cc1nc(C)nc(Cn2c3ccccc3c3ccc4c5ccccc5n(C)c4c32)n1. The summed E-state index contributed by atoms with van der Waals surface area (Å²) in [6.45, 7) is 4.45. The predicted molar refractivity (Wildman–Crippen MR) is 122 cm³/mol. The van der Waals surface area contributed by atoms with Gasteiger partial charge in [-0.15, -0.1) is 0 Å². The lowest BCUT2D eigenvalue weighted by Gasteiger charge is -2.10. The zero-order chi connectivity index (χ0) is 20.4. The number of aromatic nitrogens is 5. The van der Waals surface area contributed by atoms with Crippen LogP contribution in [0, 0.1) is 13.8 Å². The van der Waals surface area contributed by atoms with Gasteiger partial charge in [-0.05, 0) is 26.0 Å². The summed E-state index contributed by atoms with van der Waals surface area (Å²) in [6, 6.07) is 21.7. The molecule has 3 aromatic heterocycles. The van der Waals surface area contributed by atoms with Crippen LogP contribution in [-0.2, 0) is 13.6 Å². The maximum absolute atomic E-state index is 4.62. The molecule has 5 nitrogen and oxygen atoms in total. The average molecular weight is 391 g/mol. The minimum absolute atomic E-state index is 0.606. The van der Waals surface area contributed by atoms with Gasteiger partial charge in [-0.3, -0.25) is 0 Å². The van der Waals surface area contributed by atoms with Gasteiger partial charge >= 0.3 is 0 Å². The molecular weight excluding hydrogens is 370 g/mol. The van der Waals surface area contributed by atoms with Crippen LogP contribution in [0.3, 0.4) is 0 Å². The van der Waals surface area contributed by atoms with Crippen LogP contribution >= 0.6 is 0 Å². The highest BCUT2D eigenvalue weighted by molar-refractivity contribution is 6.22. The molecule has 0 spiro atoms. The van der Waals surface area contributed by atoms with Gasteiger partial charge in [0.2, 0.25) is 0 Å². The van der Waals surface area contributed by atoms with E-state index in [0.29, 0.717) is 6.54 Å². The number of rotatable bonds is 2. The summed E-state index contributed by atoms with van der Waals surface area (Å²) < 4.78 is 4.67. The molecule has 0 fully saturated rings. The Labute approximate surface area is 173 Å². The van der Waals surface area contributed by atoms with Gasteiger partial charge in [0.25, 0.3) is 0 Å². The quantitative estimate of drug-likeness (QED) is 0.403. The topological polar surface area (TPSA) is 48.5 Å². The van der Waals surface area contributed by atoms with Crippen LogP contribution in [0.4, 0.5) is 0 Å². The Morgan fingerprint density at radius 2 is 1.20 bits per heavy atom. The van der Waals surface area contributed by atoms with Crippen LogP contribution in [0.5, 0.6) is 0 Å². The Hall–Kier alpha value is -3.73. The van der Waals surface area contributed by atoms with E-state index >= 15 is 0 Å². The van der Waals surface area contributed by atoms with E-state index in [4.69, 9.17) is 0 Å². The molecule has 6 aromatic rings. The lowest BCUT2D eigenvalue weighted by molar-refractivity contribution is 0.752. The second-order valence-electron chi connectivity index (χ2n) is 7.88. The van der Waals surface area contributed by atoms with Crippen LogP contribution in [-0.4, -0.2) is 24.1 Å². The first-order valence-electron chi connectivity index (χ1n) is 10.2. The fraction of sp³-hybridized carbons (Fsp3) is 0.160. The maximum atomic E-state index is 4.62. The van der Waals surface area contributed by atoms with E-state index in [2.05, 4.69) is 91.8 Å². The highest BCUT2D eigenvalue weighted by atomic mass is 15.1. The summed E-state index contributed by atoms with van der Waals surface area (Å²) >= 11 is 0. The number of benzene rings is 3. The van der Waals surface area contributed by atoms with Crippen molar-refractivity contribution < 1.29 is 0 Å². The third-order valence-electron chi connectivity index (χ3n) is 6.00. The number of para-hydroxylation sites is 2. The molecule has 30 heavy (non-hydrogen) atoms. The molecule has 3 aromatic carbocycles. The molecule has 0 N–H and O–H groups in total. The summed E-state index contributed by atoms with van der Waals surface area (Å²) in [5.41, 5.74) is 4.90. The maximum Gasteiger partial charge on any atom is 0.152 e. The average Bonchev–Trinajstić information content (AvgIpc) is 3.21. The lowest BCUT2D eigenvalue weighted by atomic mass is 10.1. The van der Waals surface area contributed by atoms with Crippen molar-refractivity contribution in [2.24, 2.45) is 7.05 Å². The van der Waals surface area contributed by atoms with Gasteiger partial charge in [-0.2, -0.15) is 0 Å². The highest BCUT2D eigenvalue weighted by Crippen LogP contribution is 2.38. The molecule has 0 saturated carbocycles. The molecule has 146 valence electrons. The highest BCUT2D eigenvalue weighted by Gasteiger charge is 2.18. The summed E-state index contributed by atoms with van der Waals surface area (Å²) in [7, 11) is 2.16. The normalized spacial score (nSPS) is 12.0. The molecule has 0 bridgehead atoms. The first-order valence-corrected chi connectivity index (χ1v) is 10.2. The van der Waals surface area contributed by atoms with Gasteiger partial charge in [0.05, 0.1) is 17.6 Å². The molecule has 5 heteroatoms. The largest absolute Gasteiger partial charge is 0.342 e. The van der Waals surface area contributed by atoms with E-state index in [1.807, 2.05) is 13.8 Å². The number of hydrogen-bond acceptors (Lipinski definition) is 3. The second-order valence-corrected chi connectivity index (χ2v) is 7.88. The van der Waals surface area contributed by atoms with Crippen molar-refractivity contribution in [1.29, 1.82) is 0 Å². The zero-order valence-corrected chi connectivity index (χ0v) is 17.2. The molecule has 0 aliphatic rings. The van der Waals surface area contributed by atoms with Crippen LogP contribution in [0.1, 0.15) is 17.5 Å². The molecule has 0 saturated heterocycles. The molecule has 0 radical (unpaired) electrons. The zero-order valence-electron chi connectivity index (χ0n) is 17.2. The third-order valence-corrected chi connectivity index (χ3v) is 6.00. The monoisotopic (exact) mass is 391 g/mol. The smallest absolute Gasteiger partial charge is 0.152 e. The Bertz CT molecular complexity index is 1580. The van der Waals surface area contributed by atoms with Gasteiger partial charge in [-0.1, -0.05) is 48.5 Å². The van der Waals surface area contributed by atoms with Crippen molar-refractivity contribution in [3.05, 3.63) is 78.1 Å². The van der Waals surface area contributed by atoms with Crippen molar-refractivity contribution in [3.63, 3.8) is 0 Å². The van der Waals surface area contributed by atoms with Gasteiger partial charge in [0, 0.05) is 39.6 Å². The van der Waals surface area contributed by atoms with Crippen molar-refractivity contribution in [2.75, 3.05) is 0 Å². The summed E-state index contributed by atoms with van der Waals surface area (Å²) in [5.74, 6) is 2.31. The first kappa shape index (κ1) is 17.2. The number of fused-ring (bicyclic) bond motifs is 7. The number of hydrogen-bond donors (Lipinski definition) is 0. The van der Waals surface area contributed by atoms with Crippen LogP contribution in [0.15, 0.2) is 60.7 Å². The Morgan fingerprint density at radius 3 is 1.90 bits per heavy atom. The molecule has 0 aliphatic carbocycles. The van der Waals surface area contributed by atoms with Gasteiger partial charge < -0.3 is 9.13 Å². The van der Waals surface area contributed by atoms with E-state index in [0.717, 1.165) is 17.5 Å². The van der Waals surface area contributed by atoms with Crippen molar-refractivity contribution >= 4 is 43.6 Å². The van der Waals surface area contributed by atoms with Crippen molar-refractivity contribution in [1.82, 2.24) is 24.1 Å². The minimum atomic E-state index is 0.606. The molecule has 0 aliphatic heterocycles. The van der Waals surface area contributed by atoms with Crippen molar-refractivity contribution in [3.8, 4) is 0 Å². The van der Waals surface area contributed by atoms with Crippen molar-refractivity contribution in [2.45, 2.75) is 20.4 Å². The van der Waals surface area contributed by atoms with Gasteiger partial charge in [0.15, 0.2) is 5.82 Å². The lowest BCUT2D eigenvalue weighted by Crippen LogP contribution is -2.08. The van der Waals surface area contributed by atoms with Crippen LogP contribution in [0.2, 0.25) is 0 Å². The van der Waals surface area contributed by atoms with Gasteiger partial charge in [-0.25, -0.2) is 15.0 Å². The fourth-order valence-electron chi connectivity index (χ4n) is 4.86. The third kappa shape index (κ3) is 2.32. The van der Waals surface area contributed by atoms with Crippen LogP contribution < -0.4 is 0 Å². The van der Waals surface area contributed by atoms with Gasteiger partial charge in [0.1, 0.15) is 11.6 Å². The standard InChI is InChI=1S/C25H21N5/c1-15-26-16(2)28-23(27-15)14-30-22-11-7-5-9-18(22)20-13-12-19-17-8-4-6-10-21(17)29(3)24(19)25(20)30/h4-13H,14H2,1-3H3. The molecule has 0 atom stereocenters. The predicted octanol–water partition coefficient (Wildman–Crippen LogP) is 5.29. The van der Waals surface area contributed by atoms with E-state index < -0.39 is 0 Å². The number of nitrogens with zero attached hydrogens (tertiary/aromatic N) is 5. The summed E-state index contributed by atoms with van der Waals surface area (Å²) in [5, 5.41) is 5.06. The summed E-state index contributed by atoms with van der Waals surface area (Å²) in [6.07, 6.45) is 0. The molecule has 3 heterocycles. The van der Waals surface area contributed by atoms with E-state index in [1.165, 1.54) is 43.6 Å². The molecule has 0 amide bonds. The second kappa shape index (κ2) is 6.13. The van der Waals surface area contributed by atoms with E-state index in [9.17, 15) is 0 Å². The fourth-order valence-corrected chi connectivity index (χ4v) is 4.86. The summed E-state index contributed by atoms with van der Waals surface area (Å²) in [4.78, 5) is 13.6. The van der Waals surface area contributed by atoms with E-state index in [-0.39, 0.29) is 0 Å². The first-order chi connectivity index (χ1) is 14.6. The Kier molecular flexibility index (Phi) is 3.51. The van der Waals surface area contributed by atoms with E-state index in [1.54, 1.807) is 0 Å². The molecular formula is C25H21N5.